The van der Waals surface area contributed by atoms with Gasteiger partial charge in [-0.3, -0.25) is 19.3 Å². The number of nitrogens with two attached hydrogens (primary N) is 1. The van der Waals surface area contributed by atoms with Crippen molar-refractivity contribution in [2.45, 2.75) is 77.4 Å². The highest BCUT2D eigenvalue weighted by Crippen LogP contribution is 2.31. The summed E-state index contributed by atoms with van der Waals surface area (Å²) in [5.41, 5.74) is 6.76. The molecule has 0 radical (unpaired) electrons. The van der Waals surface area contributed by atoms with Gasteiger partial charge < -0.3 is 19.9 Å². The average molecular weight is 485 g/mol. The zero-order chi connectivity index (χ0) is 25.4. The Bertz CT molecular complexity index is 1030. The van der Waals surface area contributed by atoms with Gasteiger partial charge in [0, 0.05) is 33.9 Å². The van der Waals surface area contributed by atoms with Gasteiger partial charge in [-0.2, -0.15) is 0 Å². The van der Waals surface area contributed by atoms with E-state index in [-0.39, 0.29) is 6.04 Å². The van der Waals surface area contributed by atoms with Crippen LogP contribution in [-0.2, 0) is 35.1 Å². The van der Waals surface area contributed by atoms with E-state index in [0.717, 1.165) is 42.0 Å². The molecule has 2 N–H and O–H groups in total. The summed E-state index contributed by atoms with van der Waals surface area (Å²) in [6.45, 7) is 5.48. The van der Waals surface area contributed by atoms with Crippen LogP contribution in [0, 0.1) is 0 Å². The van der Waals surface area contributed by atoms with Crippen LogP contribution in [0.25, 0.3) is 10.8 Å². The van der Waals surface area contributed by atoms with Crippen LogP contribution in [0.2, 0.25) is 0 Å². The Morgan fingerprint density at radius 2 is 1.51 bits per heavy atom. The number of hydrogen-bond donors (Lipinski definition) is 1. The Morgan fingerprint density at radius 3 is 2.17 bits per heavy atom. The van der Waals surface area contributed by atoms with Crippen molar-refractivity contribution in [1.82, 2.24) is 4.90 Å². The molecule has 3 rings (SSSR count). The lowest BCUT2D eigenvalue weighted by Gasteiger charge is -2.47. The maximum Gasteiger partial charge on any atom is 0.303 e. The van der Waals surface area contributed by atoms with E-state index in [1.165, 1.54) is 20.8 Å². The SMILES string of the molecule is CC(=O)O[C@H]1[C@H](OC(C)=O)[C@@H](CCCCCN)N(Cc2ccc3ccccc3c2)C[C@@H]1OC(C)=O. The fourth-order valence-electron chi connectivity index (χ4n) is 4.87. The predicted octanol–water partition coefficient (Wildman–Crippen LogP) is 3.34. The number of carbonyl (C=O) groups excluding carboxylic acids is 3. The Morgan fingerprint density at radius 1 is 0.857 bits per heavy atom. The molecule has 1 heterocycles. The third-order valence-electron chi connectivity index (χ3n) is 6.28. The van der Waals surface area contributed by atoms with E-state index in [1.54, 1.807) is 0 Å². The van der Waals surface area contributed by atoms with Gasteiger partial charge >= 0.3 is 17.9 Å². The maximum absolute atomic E-state index is 12.1. The number of esters is 3. The van der Waals surface area contributed by atoms with Gasteiger partial charge in [0.05, 0.1) is 6.04 Å². The van der Waals surface area contributed by atoms with E-state index < -0.39 is 36.2 Å². The van der Waals surface area contributed by atoms with Crippen molar-refractivity contribution in [2.75, 3.05) is 13.1 Å². The summed E-state index contributed by atoms with van der Waals surface area (Å²) in [6, 6.07) is 14.2. The largest absolute Gasteiger partial charge is 0.457 e. The summed E-state index contributed by atoms with van der Waals surface area (Å²) in [5, 5.41) is 2.28. The quantitative estimate of drug-likeness (QED) is 0.311. The fraction of sp³-hybridized carbons (Fsp3) is 0.519. The zero-order valence-corrected chi connectivity index (χ0v) is 20.8. The van der Waals surface area contributed by atoms with Crippen molar-refractivity contribution in [2.24, 2.45) is 5.73 Å². The van der Waals surface area contributed by atoms with Crippen LogP contribution in [0.1, 0.15) is 52.0 Å². The lowest BCUT2D eigenvalue weighted by molar-refractivity contribution is -0.205. The highest BCUT2D eigenvalue weighted by atomic mass is 16.6. The number of carbonyl (C=O) groups is 3. The molecule has 8 heteroatoms. The number of nitrogens with zero attached hydrogens (tertiary/aromatic N) is 1. The summed E-state index contributed by atoms with van der Waals surface area (Å²) < 4.78 is 16.9. The topological polar surface area (TPSA) is 108 Å². The van der Waals surface area contributed by atoms with Crippen molar-refractivity contribution < 1.29 is 28.6 Å². The first-order valence-electron chi connectivity index (χ1n) is 12.2. The Hall–Kier alpha value is -2.97. The first-order valence-corrected chi connectivity index (χ1v) is 12.2. The van der Waals surface area contributed by atoms with Crippen molar-refractivity contribution in [3.63, 3.8) is 0 Å². The minimum Gasteiger partial charge on any atom is -0.457 e. The zero-order valence-electron chi connectivity index (χ0n) is 20.8. The van der Waals surface area contributed by atoms with Crippen molar-refractivity contribution in [3.05, 3.63) is 48.0 Å². The molecule has 0 spiro atoms. The number of likely N-dealkylation sites (tertiary alicyclic amines) is 1. The number of fused-ring (bicyclic) bond motifs is 1. The molecule has 0 saturated carbocycles. The smallest absolute Gasteiger partial charge is 0.303 e. The molecule has 0 aromatic heterocycles. The van der Waals surface area contributed by atoms with Gasteiger partial charge in [0.2, 0.25) is 0 Å². The lowest BCUT2D eigenvalue weighted by Crippen LogP contribution is -2.63. The van der Waals surface area contributed by atoms with Crippen LogP contribution < -0.4 is 5.73 Å². The third kappa shape index (κ3) is 7.50. The Kier molecular flexibility index (Phi) is 9.63. The standard InChI is InChI=1S/C27H36N2O6/c1-18(30)33-25-17-29(16-21-12-13-22-9-6-7-10-23(22)15-21)24(11-5-4-8-14-28)26(34-19(2)31)27(25)35-20(3)32/h6-7,9-10,12-13,15,24-27H,4-5,8,11,14,16-17,28H2,1-3H3/t24-,25+,26-,27-/m1/s1. The molecule has 4 atom stereocenters. The van der Waals surface area contributed by atoms with Crippen molar-refractivity contribution >= 4 is 28.7 Å². The molecular formula is C27H36N2O6. The third-order valence-corrected chi connectivity index (χ3v) is 6.28. The molecule has 8 nitrogen and oxygen atoms in total. The number of rotatable bonds is 10. The second kappa shape index (κ2) is 12.7. The predicted molar refractivity (Wildman–Crippen MR) is 132 cm³/mol. The monoisotopic (exact) mass is 484 g/mol. The number of benzene rings is 2. The Balaban J connectivity index is 1.95. The van der Waals surface area contributed by atoms with Crippen LogP contribution in [-0.4, -0.2) is 60.3 Å². The summed E-state index contributed by atoms with van der Waals surface area (Å²) in [6.07, 6.45) is 1.02. The molecule has 2 aromatic carbocycles. The van der Waals surface area contributed by atoms with Crippen LogP contribution in [0.4, 0.5) is 0 Å². The molecule has 2 aromatic rings. The average Bonchev–Trinajstić information content (AvgIpc) is 2.79. The van der Waals surface area contributed by atoms with E-state index >= 15 is 0 Å². The van der Waals surface area contributed by atoms with E-state index in [1.807, 2.05) is 12.1 Å². The normalized spacial score (nSPS) is 22.5. The minimum atomic E-state index is -0.882. The van der Waals surface area contributed by atoms with Gasteiger partial charge in [-0.1, -0.05) is 49.2 Å². The summed E-state index contributed by atoms with van der Waals surface area (Å²) >= 11 is 0. The van der Waals surface area contributed by atoms with E-state index in [2.05, 4.69) is 35.2 Å². The molecule has 1 aliphatic heterocycles. The maximum atomic E-state index is 12.1. The second-order valence-corrected chi connectivity index (χ2v) is 9.11. The highest BCUT2D eigenvalue weighted by molar-refractivity contribution is 5.83. The fourth-order valence-corrected chi connectivity index (χ4v) is 4.87. The lowest BCUT2D eigenvalue weighted by atomic mass is 9.89. The molecule has 1 saturated heterocycles. The number of piperidine rings is 1. The van der Waals surface area contributed by atoms with E-state index in [4.69, 9.17) is 19.9 Å². The first kappa shape index (κ1) is 26.6. The summed E-state index contributed by atoms with van der Waals surface area (Å²) in [4.78, 5) is 38.1. The van der Waals surface area contributed by atoms with Gasteiger partial charge in [-0.25, -0.2) is 0 Å². The number of unbranched alkanes of at least 4 members (excludes halogenated alkanes) is 2. The van der Waals surface area contributed by atoms with Crippen molar-refractivity contribution in [3.8, 4) is 0 Å². The minimum absolute atomic E-state index is 0.223. The molecule has 1 fully saturated rings. The Labute approximate surface area is 206 Å². The van der Waals surface area contributed by atoms with Crippen LogP contribution in [0.3, 0.4) is 0 Å². The molecule has 0 bridgehead atoms. The summed E-state index contributed by atoms with van der Waals surface area (Å²) in [5.74, 6) is -1.48. The van der Waals surface area contributed by atoms with Gasteiger partial charge in [0.15, 0.2) is 18.3 Å². The van der Waals surface area contributed by atoms with Crippen molar-refractivity contribution in [1.29, 1.82) is 0 Å². The highest BCUT2D eigenvalue weighted by Gasteiger charge is 2.48. The van der Waals surface area contributed by atoms with Crippen LogP contribution >= 0.6 is 0 Å². The summed E-state index contributed by atoms with van der Waals surface area (Å²) in [7, 11) is 0. The number of ether oxygens (including phenoxy) is 3. The molecule has 0 unspecified atom stereocenters. The molecule has 1 aliphatic rings. The molecule has 190 valence electrons. The van der Waals surface area contributed by atoms with E-state index in [9.17, 15) is 14.4 Å². The molecule has 35 heavy (non-hydrogen) atoms. The van der Waals surface area contributed by atoms with Crippen LogP contribution in [0.5, 0.6) is 0 Å². The van der Waals surface area contributed by atoms with E-state index in [0.29, 0.717) is 19.6 Å². The second-order valence-electron chi connectivity index (χ2n) is 9.11. The van der Waals surface area contributed by atoms with Gasteiger partial charge in [-0.15, -0.1) is 0 Å². The molecule has 0 aliphatic carbocycles. The van der Waals surface area contributed by atoms with Gasteiger partial charge in [-0.05, 0) is 41.8 Å². The molecule has 0 amide bonds. The first-order chi connectivity index (χ1) is 16.8. The molecular weight excluding hydrogens is 448 g/mol. The van der Waals surface area contributed by atoms with Crippen LogP contribution in [0.15, 0.2) is 42.5 Å². The number of hydrogen-bond acceptors (Lipinski definition) is 8. The van der Waals surface area contributed by atoms with Gasteiger partial charge in [0.25, 0.3) is 0 Å². The van der Waals surface area contributed by atoms with Gasteiger partial charge in [0.1, 0.15) is 0 Å².